The number of thioether (sulfide) groups is 1. The normalized spacial score (nSPS) is 20.3. The van der Waals surface area contributed by atoms with Gasteiger partial charge in [-0.3, -0.25) is 4.68 Å². The van der Waals surface area contributed by atoms with Gasteiger partial charge in [0.25, 0.3) is 0 Å². The van der Waals surface area contributed by atoms with Crippen molar-refractivity contribution in [3.63, 3.8) is 0 Å². The quantitative estimate of drug-likeness (QED) is 0.841. The number of hydrogen-bond acceptors (Lipinski definition) is 6. The van der Waals surface area contributed by atoms with Crippen LogP contribution in [0.5, 0.6) is 0 Å². The van der Waals surface area contributed by atoms with E-state index in [9.17, 15) is 0 Å². The van der Waals surface area contributed by atoms with E-state index in [2.05, 4.69) is 25.6 Å². The van der Waals surface area contributed by atoms with E-state index in [0.29, 0.717) is 6.04 Å². The molecular weight excluding hydrogens is 266 g/mol. The molecule has 0 aliphatic carbocycles. The molecule has 1 fully saturated rings. The van der Waals surface area contributed by atoms with Crippen molar-refractivity contribution in [2.45, 2.75) is 13.0 Å². The second-order valence-electron chi connectivity index (χ2n) is 4.36. The van der Waals surface area contributed by atoms with E-state index in [1.54, 1.807) is 0 Å². The lowest BCUT2D eigenvalue weighted by Gasteiger charge is -2.34. The average Bonchev–Trinajstić information content (AvgIpc) is 2.98. The smallest absolute Gasteiger partial charge is 0.205 e. The van der Waals surface area contributed by atoms with Crippen LogP contribution in [0.4, 0.5) is 5.13 Å². The Morgan fingerprint density at radius 1 is 1.44 bits per heavy atom. The summed E-state index contributed by atoms with van der Waals surface area (Å²) in [5.74, 6) is 3.10. The first-order chi connectivity index (χ1) is 8.74. The SMILES string of the molecule is Cc1nsc(N2CCSC[C@H]2c2cnn(C)c2)n1. The molecule has 3 rings (SSSR count). The monoisotopic (exact) mass is 281 g/mol. The average molecular weight is 281 g/mol. The molecule has 0 radical (unpaired) electrons. The van der Waals surface area contributed by atoms with Crippen LogP contribution in [-0.4, -0.2) is 37.2 Å². The molecule has 1 atom stereocenters. The molecule has 2 aromatic rings. The van der Waals surface area contributed by atoms with Gasteiger partial charge in [-0.25, -0.2) is 4.98 Å². The minimum atomic E-state index is 0.366. The lowest BCUT2D eigenvalue weighted by molar-refractivity contribution is 0.681. The van der Waals surface area contributed by atoms with Crippen LogP contribution in [0.1, 0.15) is 17.4 Å². The van der Waals surface area contributed by atoms with Crippen molar-refractivity contribution in [3.05, 3.63) is 23.8 Å². The summed E-state index contributed by atoms with van der Waals surface area (Å²) < 4.78 is 6.15. The Bertz CT molecular complexity index is 487. The van der Waals surface area contributed by atoms with Crippen molar-refractivity contribution in [2.24, 2.45) is 7.05 Å². The van der Waals surface area contributed by atoms with Crippen LogP contribution in [0.15, 0.2) is 12.4 Å². The summed E-state index contributed by atoms with van der Waals surface area (Å²) >= 11 is 3.48. The van der Waals surface area contributed by atoms with Gasteiger partial charge >= 0.3 is 0 Å². The van der Waals surface area contributed by atoms with Gasteiger partial charge in [0.15, 0.2) is 0 Å². The molecular formula is C11H15N5S2. The third kappa shape index (κ3) is 2.24. The summed E-state index contributed by atoms with van der Waals surface area (Å²) in [5.41, 5.74) is 1.26. The molecule has 0 spiro atoms. The van der Waals surface area contributed by atoms with E-state index < -0.39 is 0 Å². The molecule has 1 aliphatic rings. The molecule has 2 aromatic heterocycles. The van der Waals surface area contributed by atoms with Crippen molar-refractivity contribution < 1.29 is 0 Å². The summed E-state index contributed by atoms with van der Waals surface area (Å²) in [6.07, 6.45) is 4.05. The molecule has 96 valence electrons. The van der Waals surface area contributed by atoms with E-state index in [4.69, 9.17) is 0 Å². The highest BCUT2D eigenvalue weighted by molar-refractivity contribution is 7.99. The molecule has 0 unspecified atom stereocenters. The van der Waals surface area contributed by atoms with E-state index in [1.165, 1.54) is 17.1 Å². The lowest BCUT2D eigenvalue weighted by atomic mass is 10.1. The summed E-state index contributed by atoms with van der Waals surface area (Å²) in [6, 6.07) is 0.366. The van der Waals surface area contributed by atoms with Crippen LogP contribution >= 0.6 is 23.3 Å². The zero-order chi connectivity index (χ0) is 12.5. The van der Waals surface area contributed by atoms with Gasteiger partial charge in [-0.2, -0.15) is 21.2 Å². The second kappa shape index (κ2) is 4.89. The highest BCUT2D eigenvalue weighted by Crippen LogP contribution is 2.34. The Morgan fingerprint density at radius 2 is 2.33 bits per heavy atom. The van der Waals surface area contributed by atoms with Gasteiger partial charge in [0.1, 0.15) is 5.82 Å². The van der Waals surface area contributed by atoms with Crippen LogP contribution in [0.2, 0.25) is 0 Å². The fraction of sp³-hybridized carbons (Fsp3) is 0.545. The lowest BCUT2D eigenvalue weighted by Crippen LogP contribution is -2.36. The maximum atomic E-state index is 4.51. The highest BCUT2D eigenvalue weighted by Gasteiger charge is 2.27. The minimum Gasteiger partial charge on any atom is -0.338 e. The second-order valence-corrected chi connectivity index (χ2v) is 6.24. The van der Waals surface area contributed by atoms with Crippen molar-refractivity contribution in [1.29, 1.82) is 0 Å². The summed E-state index contributed by atoms with van der Waals surface area (Å²) in [6.45, 7) is 2.97. The van der Waals surface area contributed by atoms with Gasteiger partial charge in [-0.15, -0.1) is 0 Å². The Kier molecular flexibility index (Phi) is 3.25. The third-order valence-corrected chi connectivity index (χ3v) is 4.87. The van der Waals surface area contributed by atoms with Crippen LogP contribution in [-0.2, 0) is 7.05 Å². The molecule has 0 saturated carbocycles. The molecule has 7 heteroatoms. The van der Waals surface area contributed by atoms with Gasteiger partial charge in [0.2, 0.25) is 5.13 Å². The van der Waals surface area contributed by atoms with E-state index in [0.717, 1.165) is 29.0 Å². The number of hydrogen-bond donors (Lipinski definition) is 0. The first-order valence-electron chi connectivity index (χ1n) is 5.87. The van der Waals surface area contributed by atoms with Crippen molar-refractivity contribution in [3.8, 4) is 0 Å². The zero-order valence-electron chi connectivity index (χ0n) is 10.4. The predicted molar refractivity (Wildman–Crippen MR) is 75.3 cm³/mol. The van der Waals surface area contributed by atoms with Gasteiger partial charge < -0.3 is 4.90 Å². The minimum absolute atomic E-state index is 0.366. The maximum Gasteiger partial charge on any atom is 0.205 e. The summed E-state index contributed by atoms with van der Waals surface area (Å²) in [4.78, 5) is 6.87. The first-order valence-corrected chi connectivity index (χ1v) is 7.80. The Hall–Kier alpha value is -1.08. The van der Waals surface area contributed by atoms with Gasteiger partial charge in [0.05, 0.1) is 12.2 Å². The van der Waals surface area contributed by atoms with Crippen molar-refractivity contribution in [2.75, 3.05) is 23.0 Å². The topological polar surface area (TPSA) is 46.8 Å². The van der Waals surface area contributed by atoms with E-state index >= 15 is 0 Å². The molecule has 18 heavy (non-hydrogen) atoms. The molecule has 3 heterocycles. The van der Waals surface area contributed by atoms with Crippen LogP contribution in [0.25, 0.3) is 0 Å². The zero-order valence-corrected chi connectivity index (χ0v) is 12.0. The number of nitrogens with zero attached hydrogens (tertiary/aromatic N) is 5. The van der Waals surface area contributed by atoms with Gasteiger partial charge in [0, 0.05) is 48.4 Å². The van der Waals surface area contributed by atoms with Crippen LogP contribution < -0.4 is 4.90 Å². The van der Waals surface area contributed by atoms with Crippen molar-refractivity contribution in [1.82, 2.24) is 19.1 Å². The van der Waals surface area contributed by atoms with Crippen LogP contribution in [0, 0.1) is 6.92 Å². The number of aryl methyl sites for hydroxylation is 2. The van der Waals surface area contributed by atoms with Crippen LogP contribution in [0.3, 0.4) is 0 Å². The predicted octanol–water partition coefficient (Wildman–Crippen LogP) is 1.87. The third-order valence-electron chi connectivity index (χ3n) is 3.00. The molecule has 5 nitrogen and oxygen atoms in total. The van der Waals surface area contributed by atoms with Gasteiger partial charge in [-0.1, -0.05) is 0 Å². The molecule has 1 saturated heterocycles. The molecule has 1 aliphatic heterocycles. The number of aromatic nitrogens is 4. The standard InChI is InChI=1S/C11H15N5S2/c1-8-13-11(18-14-8)16-3-4-17-7-10(16)9-5-12-15(2)6-9/h5-6,10H,3-4,7H2,1-2H3/t10-/m0/s1. The van der Waals surface area contributed by atoms with Crippen molar-refractivity contribution >= 4 is 28.4 Å². The molecule has 0 N–H and O–H groups in total. The molecule has 0 bridgehead atoms. The Morgan fingerprint density at radius 3 is 3.00 bits per heavy atom. The fourth-order valence-electron chi connectivity index (χ4n) is 2.12. The number of rotatable bonds is 2. The highest BCUT2D eigenvalue weighted by atomic mass is 32.2. The van der Waals surface area contributed by atoms with Gasteiger partial charge in [-0.05, 0) is 6.92 Å². The largest absolute Gasteiger partial charge is 0.338 e. The first kappa shape index (κ1) is 12.0. The fourth-order valence-corrected chi connectivity index (χ4v) is 3.96. The molecule has 0 amide bonds. The number of anilines is 1. The molecule has 0 aromatic carbocycles. The Labute approximate surface area is 114 Å². The summed E-state index contributed by atoms with van der Waals surface area (Å²) in [5, 5.41) is 5.30. The Balaban J connectivity index is 1.90. The summed E-state index contributed by atoms with van der Waals surface area (Å²) in [7, 11) is 1.96. The van der Waals surface area contributed by atoms with E-state index in [-0.39, 0.29) is 0 Å². The van der Waals surface area contributed by atoms with E-state index in [1.807, 2.05) is 36.6 Å². The maximum absolute atomic E-state index is 4.51.